The van der Waals surface area contributed by atoms with Crippen LogP contribution in [0.1, 0.15) is 33.1 Å². The van der Waals surface area contributed by atoms with Gasteiger partial charge in [0.2, 0.25) is 5.91 Å². The van der Waals surface area contributed by atoms with Crippen LogP contribution in [-0.2, 0) is 4.79 Å². The molecule has 0 bridgehead atoms. The molecule has 1 amide bonds. The number of amides is 1. The summed E-state index contributed by atoms with van der Waals surface area (Å²) in [5, 5.41) is 0. The molecule has 1 heterocycles. The van der Waals surface area contributed by atoms with Crippen molar-refractivity contribution in [1.29, 1.82) is 0 Å². The van der Waals surface area contributed by atoms with E-state index in [1.54, 1.807) is 0 Å². The smallest absolute Gasteiger partial charge is 0.220 e. The van der Waals surface area contributed by atoms with Crippen LogP contribution >= 0.6 is 0 Å². The third kappa shape index (κ3) is 4.84. The highest BCUT2D eigenvalue weighted by atomic mass is 35.5. The fourth-order valence-electron chi connectivity index (χ4n) is 3.04. The van der Waals surface area contributed by atoms with Gasteiger partial charge in [-0.05, 0) is 19.3 Å². The van der Waals surface area contributed by atoms with Crippen molar-refractivity contribution < 1.29 is 21.7 Å². The number of hydrogen-bond donors (Lipinski definition) is 1. The number of rotatable bonds is 5. The van der Waals surface area contributed by atoms with E-state index in [1.807, 2.05) is 6.92 Å². The first-order valence-electron chi connectivity index (χ1n) is 6.47. The van der Waals surface area contributed by atoms with Gasteiger partial charge < -0.3 is 22.6 Å². The van der Waals surface area contributed by atoms with Crippen molar-refractivity contribution in [3.05, 3.63) is 0 Å². The van der Waals surface area contributed by atoms with Crippen LogP contribution in [0, 0.1) is 17.8 Å². The lowest BCUT2D eigenvalue weighted by Gasteiger charge is -2.23. The number of halogens is 1. The van der Waals surface area contributed by atoms with Gasteiger partial charge in [0.25, 0.3) is 0 Å². The molecular weight excluding hydrogens is 236 g/mol. The molecule has 1 rings (SSSR count). The van der Waals surface area contributed by atoms with Crippen LogP contribution in [0.4, 0.5) is 0 Å². The summed E-state index contributed by atoms with van der Waals surface area (Å²) in [6.45, 7) is 6.76. The Bertz CT molecular complexity index is 256. The molecule has 0 aromatic heterocycles. The molecule has 1 fully saturated rings. The molecule has 1 saturated heterocycles. The van der Waals surface area contributed by atoms with Crippen LogP contribution in [0.2, 0.25) is 0 Å². The van der Waals surface area contributed by atoms with E-state index in [9.17, 15) is 4.79 Å². The Labute approximate surface area is 112 Å². The molecule has 1 aliphatic rings. The van der Waals surface area contributed by atoms with Gasteiger partial charge in [0.1, 0.15) is 0 Å². The van der Waals surface area contributed by atoms with Gasteiger partial charge in [-0.2, -0.15) is 0 Å². The van der Waals surface area contributed by atoms with Gasteiger partial charge in [0.05, 0.1) is 27.2 Å². The van der Waals surface area contributed by atoms with E-state index in [4.69, 9.17) is 5.73 Å². The highest BCUT2D eigenvalue weighted by Crippen LogP contribution is 2.33. The minimum atomic E-state index is -0.153. The second-order valence-corrected chi connectivity index (χ2v) is 6.11. The molecule has 102 valence electrons. The van der Waals surface area contributed by atoms with Crippen molar-refractivity contribution in [1.82, 2.24) is 0 Å². The zero-order valence-corrected chi connectivity index (χ0v) is 12.3. The van der Waals surface area contributed by atoms with Gasteiger partial charge in [-0.15, -0.1) is 0 Å². The zero-order valence-electron chi connectivity index (χ0n) is 11.6. The first-order valence-corrected chi connectivity index (χ1v) is 6.47. The fraction of sp³-hybridized carbons (Fsp3) is 0.923. The Morgan fingerprint density at radius 1 is 1.35 bits per heavy atom. The molecule has 0 aromatic rings. The first kappa shape index (κ1) is 16.7. The normalized spacial score (nSPS) is 28.5. The van der Waals surface area contributed by atoms with Crippen molar-refractivity contribution in [3.63, 3.8) is 0 Å². The molecule has 0 saturated carbocycles. The maximum atomic E-state index is 11.0. The molecule has 3 atom stereocenters. The second-order valence-electron chi connectivity index (χ2n) is 6.11. The minimum Gasteiger partial charge on any atom is -1.00 e. The Morgan fingerprint density at radius 3 is 2.35 bits per heavy atom. The topological polar surface area (TPSA) is 43.1 Å². The number of carbonyl (C=O) groups excluding carboxylic acids is 1. The van der Waals surface area contributed by atoms with Gasteiger partial charge in [-0.3, -0.25) is 4.79 Å². The number of hydrogen-bond acceptors (Lipinski definition) is 1. The van der Waals surface area contributed by atoms with Crippen molar-refractivity contribution in [3.8, 4) is 0 Å². The standard InChI is InChI=1S/C13H26N2O.ClH/c1-5-11-8-15(3,4)9-12(11)7-6-10(2)13(14)16;/h10-12H,5-9H2,1-4H3,(H-,14,16);1H. The molecule has 17 heavy (non-hydrogen) atoms. The van der Waals surface area contributed by atoms with Gasteiger partial charge in [-0.25, -0.2) is 0 Å². The quantitative estimate of drug-likeness (QED) is 0.610. The van der Waals surface area contributed by atoms with E-state index >= 15 is 0 Å². The van der Waals surface area contributed by atoms with E-state index in [-0.39, 0.29) is 24.2 Å². The average molecular weight is 263 g/mol. The maximum Gasteiger partial charge on any atom is 0.220 e. The summed E-state index contributed by atoms with van der Waals surface area (Å²) in [5.41, 5.74) is 5.30. The number of nitrogens with two attached hydrogens (primary N) is 1. The van der Waals surface area contributed by atoms with Gasteiger partial charge in [0.15, 0.2) is 0 Å². The highest BCUT2D eigenvalue weighted by molar-refractivity contribution is 5.76. The van der Waals surface area contributed by atoms with Crippen molar-refractivity contribution in [2.24, 2.45) is 23.5 Å². The third-order valence-electron chi connectivity index (χ3n) is 4.10. The Morgan fingerprint density at radius 2 is 1.88 bits per heavy atom. The Kier molecular flexibility index (Phi) is 6.49. The largest absolute Gasteiger partial charge is 1.00 e. The molecule has 0 aliphatic carbocycles. The second kappa shape index (κ2) is 6.60. The van der Waals surface area contributed by atoms with Crippen LogP contribution < -0.4 is 18.1 Å². The Hall–Kier alpha value is -0.280. The maximum absolute atomic E-state index is 11.0. The summed E-state index contributed by atoms with van der Waals surface area (Å²) in [5.74, 6) is 1.49. The van der Waals surface area contributed by atoms with Crippen LogP contribution in [0.3, 0.4) is 0 Å². The van der Waals surface area contributed by atoms with E-state index < -0.39 is 0 Å². The lowest BCUT2D eigenvalue weighted by molar-refractivity contribution is -0.880. The van der Waals surface area contributed by atoms with E-state index in [0.717, 1.165) is 29.2 Å². The SMILES string of the molecule is CCC1C[N+](C)(C)CC1CCC(C)C(N)=O.[Cl-]. The summed E-state index contributed by atoms with van der Waals surface area (Å²) in [4.78, 5) is 11.0. The van der Waals surface area contributed by atoms with Crippen molar-refractivity contribution in [2.75, 3.05) is 27.2 Å². The van der Waals surface area contributed by atoms with Gasteiger partial charge in [0, 0.05) is 17.8 Å². The number of carbonyl (C=O) groups is 1. The molecule has 0 aromatic carbocycles. The van der Waals surface area contributed by atoms with E-state index in [0.29, 0.717) is 0 Å². The third-order valence-corrected chi connectivity index (χ3v) is 4.10. The molecular formula is C13H27ClN2O. The van der Waals surface area contributed by atoms with Crippen molar-refractivity contribution in [2.45, 2.75) is 33.1 Å². The lowest BCUT2D eigenvalue weighted by atomic mass is 9.87. The molecule has 2 N–H and O–H groups in total. The Balaban J connectivity index is 0.00000256. The van der Waals surface area contributed by atoms with Crippen LogP contribution in [0.15, 0.2) is 0 Å². The van der Waals surface area contributed by atoms with Crippen molar-refractivity contribution >= 4 is 5.91 Å². The number of likely N-dealkylation sites (tertiary alicyclic amines) is 1. The van der Waals surface area contributed by atoms with Crippen LogP contribution in [0.5, 0.6) is 0 Å². The summed E-state index contributed by atoms with van der Waals surface area (Å²) >= 11 is 0. The molecule has 4 heteroatoms. The number of primary amides is 1. The summed E-state index contributed by atoms with van der Waals surface area (Å²) in [6.07, 6.45) is 3.37. The molecule has 0 radical (unpaired) electrons. The van der Waals surface area contributed by atoms with Gasteiger partial charge in [-0.1, -0.05) is 13.8 Å². The highest BCUT2D eigenvalue weighted by Gasteiger charge is 2.38. The number of quaternary nitrogens is 1. The number of nitrogens with zero attached hydrogens (tertiary/aromatic N) is 1. The average Bonchev–Trinajstić information content (AvgIpc) is 2.49. The van der Waals surface area contributed by atoms with Gasteiger partial charge >= 0.3 is 0 Å². The lowest BCUT2D eigenvalue weighted by Crippen LogP contribution is -3.00. The molecule has 3 unspecified atom stereocenters. The minimum absolute atomic E-state index is 0. The van der Waals surface area contributed by atoms with E-state index in [2.05, 4.69) is 21.0 Å². The molecule has 3 nitrogen and oxygen atoms in total. The molecule has 1 aliphatic heterocycles. The zero-order chi connectivity index (χ0) is 12.3. The fourth-order valence-corrected chi connectivity index (χ4v) is 3.04. The summed E-state index contributed by atoms with van der Waals surface area (Å²) in [7, 11) is 4.61. The first-order chi connectivity index (χ1) is 7.35. The van der Waals surface area contributed by atoms with Crippen LogP contribution in [-0.4, -0.2) is 37.6 Å². The molecule has 0 spiro atoms. The van der Waals surface area contributed by atoms with E-state index in [1.165, 1.54) is 19.5 Å². The monoisotopic (exact) mass is 262 g/mol. The van der Waals surface area contributed by atoms with Crippen LogP contribution in [0.25, 0.3) is 0 Å². The predicted octanol–water partition coefficient (Wildman–Crippen LogP) is -1.38. The summed E-state index contributed by atoms with van der Waals surface area (Å²) in [6, 6.07) is 0. The predicted molar refractivity (Wildman–Crippen MR) is 66.7 cm³/mol. The summed E-state index contributed by atoms with van der Waals surface area (Å²) < 4.78 is 1.13.